The van der Waals surface area contributed by atoms with Crippen LogP contribution in [0.4, 0.5) is 11.4 Å². The third-order valence-corrected chi connectivity index (χ3v) is 4.02. The summed E-state index contributed by atoms with van der Waals surface area (Å²) >= 11 is 5.51. The molecule has 0 aliphatic carbocycles. The molecule has 0 amide bonds. The molecule has 0 fully saturated rings. The molecular formula is C17H27N3O2S. The predicted molar refractivity (Wildman–Crippen MR) is 99.9 cm³/mol. The maximum Gasteiger partial charge on any atom is 0.271 e. The molecule has 0 atom stereocenters. The quantitative estimate of drug-likeness (QED) is 0.282. The summed E-state index contributed by atoms with van der Waals surface area (Å²) in [6.45, 7) is 6.22. The fourth-order valence-electron chi connectivity index (χ4n) is 2.32. The minimum atomic E-state index is -0.394. The van der Waals surface area contributed by atoms with Gasteiger partial charge in [-0.15, -0.1) is 0 Å². The number of nitro groups is 1. The van der Waals surface area contributed by atoms with Crippen LogP contribution in [-0.4, -0.2) is 28.0 Å². The number of thiocarbonyl (C=S) groups is 1. The minimum Gasteiger partial charge on any atom is -0.349 e. The lowest BCUT2D eigenvalue weighted by atomic mass is 10.2. The van der Waals surface area contributed by atoms with Crippen molar-refractivity contribution < 1.29 is 4.92 Å². The molecule has 0 aliphatic heterocycles. The lowest BCUT2D eigenvalue weighted by Gasteiger charge is -2.26. The Morgan fingerprint density at radius 1 is 1.17 bits per heavy atom. The van der Waals surface area contributed by atoms with Gasteiger partial charge in [-0.2, -0.15) is 0 Å². The van der Waals surface area contributed by atoms with Crippen molar-refractivity contribution in [2.45, 2.75) is 52.4 Å². The summed E-state index contributed by atoms with van der Waals surface area (Å²) in [4.78, 5) is 12.6. The Kier molecular flexibility index (Phi) is 9.21. The van der Waals surface area contributed by atoms with E-state index < -0.39 is 4.92 Å². The summed E-state index contributed by atoms with van der Waals surface area (Å²) in [6.07, 6.45) is 6.94. The molecule has 0 spiro atoms. The van der Waals surface area contributed by atoms with Crippen molar-refractivity contribution in [3.63, 3.8) is 0 Å². The first kappa shape index (κ1) is 19.4. The van der Waals surface area contributed by atoms with E-state index in [0.717, 1.165) is 25.9 Å². The Balaban J connectivity index is 2.66. The highest BCUT2D eigenvalue weighted by Gasteiger charge is 2.11. The van der Waals surface area contributed by atoms with E-state index in [1.807, 2.05) is 0 Å². The van der Waals surface area contributed by atoms with Crippen molar-refractivity contribution in [3.8, 4) is 0 Å². The van der Waals surface area contributed by atoms with Crippen molar-refractivity contribution in [2.75, 3.05) is 18.4 Å². The van der Waals surface area contributed by atoms with Crippen molar-refractivity contribution >= 4 is 28.7 Å². The zero-order valence-corrected chi connectivity index (χ0v) is 14.9. The molecule has 23 heavy (non-hydrogen) atoms. The molecule has 0 aromatic heterocycles. The number of hydrogen-bond donors (Lipinski definition) is 1. The predicted octanol–water partition coefficient (Wildman–Crippen LogP) is 4.97. The summed E-state index contributed by atoms with van der Waals surface area (Å²) in [6, 6.07) is 6.47. The van der Waals surface area contributed by atoms with Crippen LogP contribution in [0.15, 0.2) is 24.3 Å². The molecule has 5 nitrogen and oxygen atoms in total. The highest BCUT2D eigenvalue weighted by atomic mass is 32.1. The van der Waals surface area contributed by atoms with Gasteiger partial charge in [0.1, 0.15) is 0 Å². The lowest BCUT2D eigenvalue weighted by molar-refractivity contribution is -0.384. The molecule has 0 aliphatic rings. The van der Waals surface area contributed by atoms with E-state index in [1.54, 1.807) is 12.1 Å². The van der Waals surface area contributed by atoms with Gasteiger partial charge in [0.15, 0.2) is 5.11 Å². The van der Waals surface area contributed by atoms with Gasteiger partial charge in [0.25, 0.3) is 5.69 Å². The first-order valence-corrected chi connectivity index (χ1v) is 8.79. The summed E-state index contributed by atoms with van der Waals surface area (Å²) in [5.41, 5.74) is 0.737. The number of hydrogen-bond acceptors (Lipinski definition) is 3. The summed E-state index contributed by atoms with van der Waals surface area (Å²) in [5, 5.41) is 14.7. The second-order valence-electron chi connectivity index (χ2n) is 5.64. The molecule has 0 heterocycles. The zero-order valence-electron chi connectivity index (χ0n) is 14.1. The molecule has 6 heteroatoms. The van der Waals surface area contributed by atoms with E-state index in [-0.39, 0.29) is 5.69 Å². The van der Waals surface area contributed by atoms with Gasteiger partial charge < -0.3 is 10.2 Å². The van der Waals surface area contributed by atoms with E-state index >= 15 is 0 Å². The number of rotatable bonds is 10. The number of unbranched alkanes of at least 4 members (excludes halogenated alkanes) is 4. The van der Waals surface area contributed by atoms with Crippen LogP contribution >= 0.6 is 12.2 Å². The molecule has 1 aromatic carbocycles. The van der Waals surface area contributed by atoms with E-state index in [1.165, 1.54) is 37.8 Å². The first-order chi connectivity index (χ1) is 11.1. The number of benzene rings is 1. The van der Waals surface area contributed by atoms with Crippen LogP contribution in [0.25, 0.3) is 0 Å². The van der Waals surface area contributed by atoms with Gasteiger partial charge >= 0.3 is 0 Å². The van der Waals surface area contributed by atoms with Gasteiger partial charge in [0.2, 0.25) is 0 Å². The van der Waals surface area contributed by atoms with Crippen LogP contribution in [0.3, 0.4) is 0 Å². The lowest BCUT2D eigenvalue weighted by Crippen LogP contribution is -2.36. The average molecular weight is 337 g/mol. The van der Waals surface area contributed by atoms with Gasteiger partial charge in [-0.1, -0.05) is 45.6 Å². The van der Waals surface area contributed by atoms with E-state index in [4.69, 9.17) is 12.2 Å². The van der Waals surface area contributed by atoms with E-state index in [0.29, 0.717) is 10.8 Å². The van der Waals surface area contributed by atoms with E-state index in [9.17, 15) is 10.1 Å². The number of nitrogens with one attached hydrogen (secondary N) is 1. The Hall–Kier alpha value is -1.69. The number of anilines is 1. The Morgan fingerprint density at radius 2 is 1.78 bits per heavy atom. The SMILES string of the molecule is CCCCCN(CCCCC)C(=S)Nc1cccc([N+](=O)[O-])c1. The van der Waals surface area contributed by atoms with Gasteiger partial charge in [0.05, 0.1) is 4.92 Å². The number of nitrogens with zero attached hydrogens (tertiary/aromatic N) is 2. The fourth-order valence-corrected chi connectivity index (χ4v) is 2.62. The maximum absolute atomic E-state index is 10.9. The van der Waals surface area contributed by atoms with Gasteiger partial charge in [-0.25, -0.2) is 0 Å². The first-order valence-electron chi connectivity index (χ1n) is 8.38. The smallest absolute Gasteiger partial charge is 0.271 e. The highest BCUT2D eigenvalue weighted by molar-refractivity contribution is 7.80. The molecule has 0 saturated heterocycles. The molecule has 0 saturated carbocycles. The van der Waals surface area contributed by atoms with Crippen LogP contribution in [0.2, 0.25) is 0 Å². The average Bonchev–Trinajstić information content (AvgIpc) is 2.54. The van der Waals surface area contributed by atoms with Crippen LogP contribution < -0.4 is 5.32 Å². The fraction of sp³-hybridized carbons (Fsp3) is 0.588. The largest absolute Gasteiger partial charge is 0.349 e. The van der Waals surface area contributed by atoms with Crippen LogP contribution in [0.1, 0.15) is 52.4 Å². The topological polar surface area (TPSA) is 58.4 Å². The summed E-state index contributed by atoms with van der Waals surface area (Å²) in [7, 11) is 0. The third-order valence-electron chi connectivity index (χ3n) is 3.66. The summed E-state index contributed by atoms with van der Waals surface area (Å²) < 4.78 is 0. The zero-order chi connectivity index (χ0) is 17.1. The number of nitro benzene ring substituents is 1. The Morgan fingerprint density at radius 3 is 2.30 bits per heavy atom. The van der Waals surface area contributed by atoms with Gasteiger partial charge in [-0.3, -0.25) is 10.1 Å². The standard InChI is InChI=1S/C17H27N3O2S/c1-3-5-7-12-19(13-8-6-4-2)17(23)18-15-10-9-11-16(14-15)20(21)22/h9-11,14H,3-8,12-13H2,1-2H3,(H,18,23). The van der Waals surface area contributed by atoms with Crippen molar-refractivity contribution in [2.24, 2.45) is 0 Å². The summed E-state index contributed by atoms with van der Waals surface area (Å²) in [5.74, 6) is 0. The maximum atomic E-state index is 10.9. The molecular weight excluding hydrogens is 310 g/mol. The van der Waals surface area contributed by atoms with Crippen molar-refractivity contribution in [3.05, 3.63) is 34.4 Å². The molecule has 0 unspecified atom stereocenters. The van der Waals surface area contributed by atoms with Gasteiger partial charge in [0, 0.05) is 30.9 Å². The van der Waals surface area contributed by atoms with E-state index in [2.05, 4.69) is 24.1 Å². The molecule has 0 bridgehead atoms. The van der Waals surface area contributed by atoms with Crippen LogP contribution in [0.5, 0.6) is 0 Å². The minimum absolute atomic E-state index is 0.0707. The normalized spacial score (nSPS) is 10.3. The monoisotopic (exact) mass is 337 g/mol. The number of non-ortho nitro benzene ring substituents is 1. The highest BCUT2D eigenvalue weighted by Crippen LogP contribution is 2.17. The Labute approximate surface area is 144 Å². The van der Waals surface area contributed by atoms with Crippen LogP contribution in [-0.2, 0) is 0 Å². The Bertz CT molecular complexity index is 498. The molecule has 1 aromatic rings. The van der Waals surface area contributed by atoms with Crippen LogP contribution in [0, 0.1) is 10.1 Å². The molecule has 1 N–H and O–H groups in total. The third kappa shape index (κ3) is 7.41. The molecule has 1 rings (SSSR count). The van der Waals surface area contributed by atoms with Crippen molar-refractivity contribution in [1.82, 2.24) is 4.90 Å². The second-order valence-corrected chi connectivity index (χ2v) is 6.03. The molecule has 0 radical (unpaired) electrons. The molecule has 128 valence electrons. The van der Waals surface area contributed by atoms with Gasteiger partial charge in [-0.05, 0) is 31.1 Å². The van der Waals surface area contributed by atoms with Crippen molar-refractivity contribution in [1.29, 1.82) is 0 Å². The second kappa shape index (κ2) is 10.9.